The average molecular weight is 503 g/mol. The van der Waals surface area contributed by atoms with Gasteiger partial charge in [0, 0.05) is 0 Å². The van der Waals surface area contributed by atoms with Crippen LogP contribution in [-0.4, -0.2) is 49.5 Å². The highest BCUT2D eigenvalue weighted by Gasteiger charge is 2.46. The number of quaternary nitrogens is 1. The number of nitrogens with zero attached hydrogens (tertiary/aromatic N) is 4. The van der Waals surface area contributed by atoms with Crippen molar-refractivity contribution >= 4 is 40.4 Å². The number of aromatic nitrogens is 4. The monoisotopic (exact) mass is 503 g/mol. The van der Waals surface area contributed by atoms with E-state index in [1.165, 1.54) is 10.9 Å². The molecular formula is C10H14N6O12P3-3. The number of fused-ring (bicyclic) bond motifs is 1. The van der Waals surface area contributed by atoms with E-state index in [9.17, 15) is 38.4 Å². The summed E-state index contributed by atoms with van der Waals surface area (Å²) < 4.78 is 50.9. The predicted molar refractivity (Wildman–Crippen MR) is 87.3 cm³/mol. The van der Waals surface area contributed by atoms with Crippen LogP contribution in [0.1, 0.15) is 6.23 Å². The number of phosphoric acid groups is 3. The summed E-state index contributed by atoms with van der Waals surface area (Å²) in [6, 6.07) is -0.986. The molecule has 0 bridgehead atoms. The second kappa shape index (κ2) is 8.53. The predicted octanol–water partition coefficient (Wildman–Crippen LogP) is -4.91. The lowest BCUT2D eigenvalue weighted by atomic mass is 10.1. The van der Waals surface area contributed by atoms with Crippen molar-refractivity contribution in [2.45, 2.75) is 24.5 Å². The lowest BCUT2D eigenvalue weighted by molar-refractivity contribution is -0.441. The molecule has 0 radical (unpaired) electrons. The fraction of sp³-hybridized carbons (Fsp3) is 0.500. The molecule has 174 valence electrons. The highest BCUT2D eigenvalue weighted by Crippen LogP contribution is 2.60. The SMILES string of the molecule is Nc1ncnc2c1ncn2[C@@H]1O[C@H](COP(=O)([O-])OP(=O)([O-])OP(=O)([O-])[O-])[C@@H]([NH3+])[C@H]1O. The summed E-state index contributed by atoms with van der Waals surface area (Å²) in [5.41, 5.74) is 9.75. The Balaban J connectivity index is 1.69. The van der Waals surface area contributed by atoms with Crippen molar-refractivity contribution in [1.82, 2.24) is 19.5 Å². The minimum atomic E-state index is -6.10. The number of nitrogens with two attached hydrogens (primary N) is 1. The first-order valence-electron chi connectivity index (χ1n) is 8.00. The minimum absolute atomic E-state index is 0.0664. The molecule has 1 aliphatic rings. The van der Waals surface area contributed by atoms with Crippen molar-refractivity contribution in [3.63, 3.8) is 0 Å². The summed E-state index contributed by atoms with van der Waals surface area (Å²) in [5, 5.41) is 10.4. The maximum atomic E-state index is 11.7. The van der Waals surface area contributed by atoms with E-state index in [1.807, 2.05) is 0 Å². The Bertz CT molecular complexity index is 1110. The molecule has 3 heterocycles. The van der Waals surface area contributed by atoms with Gasteiger partial charge >= 0.3 is 0 Å². The van der Waals surface area contributed by atoms with Gasteiger partial charge in [0.2, 0.25) is 0 Å². The molecule has 0 aliphatic carbocycles. The maximum absolute atomic E-state index is 11.7. The number of imidazole rings is 1. The first kappa shape index (κ1) is 24.3. The molecule has 0 spiro atoms. The van der Waals surface area contributed by atoms with Crippen LogP contribution in [0.2, 0.25) is 0 Å². The number of phosphoric ester groups is 1. The van der Waals surface area contributed by atoms with E-state index in [4.69, 9.17) is 10.5 Å². The van der Waals surface area contributed by atoms with E-state index in [2.05, 4.69) is 33.8 Å². The van der Waals surface area contributed by atoms with Crippen LogP contribution in [0.5, 0.6) is 0 Å². The number of hydrogen-bond donors (Lipinski definition) is 3. The van der Waals surface area contributed by atoms with Gasteiger partial charge in [-0.25, -0.2) is 19.3 Å². The van der Waals surface area contributed by atoms with Crippen LogP contribution in [0.3, 0.4) is 0 Å². The van der Waals surface area contributed by atoms with Gasteiger partial charge in [0.1, 0.15) is 24.0 Å². The van der Waals surface area contributed by atoms with Crippen LogP contribution >= 0.6 is 23.5 Å². The standard InChI is InChI=1S/C10H17N6O12P3/c11-5-4(1-25-30(21,22)28-31(23,24)27-29(18,19)20)26-10(7(5)17)16-3-15-6-8(12)13-2-14-9(6)16/h2-5,7,10,17H,1,11H2,(H,21,22)(H,23,24)(H2,12,13,14)(H2,18,19,20)/p-3/t4-,5-,7-,10-/m1/s1. The molecule has 2 unspecified atom stereocenters. The Morgan fingerprint density at radius 1 is 1.16 bits per heavy atom. The number of aliphatic hydroxyl groups is 1. The second-order valence-electron chi connectivity index (χ2n) is 6.10. The number of rotatable bonds is 8. The summed E-state index contributed by atoms with van der Waals surface area (Å²) in [4.78, 5) is 55.2. The summed E-state index contributed by atoms with van der Waals surface area (Å²) in [5.74, 6) is 0.0664. The summed E-state index contributed by atoms with van der Waals surface area (Å²) in [6.45, 7) is -0.890. The van der Waals surface area contributed by atoms with Crippen molar-refractivity contribution in [3.8, 4) is 0 Å². The van der Waals surface area contributed by atoms with Gasteiger partial charge < -0.3 is 50.0 Å². The highest BCUT2D eigenvalue weighted by molar-refractivity contribution is 7.64. The lowest BCUT2D eigenvalue weighted by Gasteiger charge is -2.37. The molecule has 2 aromatic heterocycles. The van der Waals surface area contributed by atoms with Gasteiger partial charge in [-0.05, 0) is 0 Å². The molecular weight excluding hydrogens is 489 g/mol. The fourth-order valence-corrected chi connectivity index (χ4v) is 5.55. The van der Waals surface area contributed by atoms with Crippen LogP contribution in [0.15, 0.2) is 12.7 Å². The quantitative estimate of drug-likeness (QED) is 0.284. The zero-order valence-electron chi connectivity index (χ0n) is 15.0. The van der Waals surface area contributed by atoms with E-state index in [0.29, 0.717) is 0 Å². The molecule has 21 heteroatoms. The molecule has 2 aromatic rings. The third-order valence-corrected chi connectivity index (χ3v) is 7.65. The topological polar surface area (TPSA) is 298 Å². The van der Waals surface area contributed by atoms with Gasteiger partial charge in [-0.1, -0.05) is 0 Å². The normalized spacial score (nSPS) is 28.5. The van der Waals surface area contributed by atoms with Gasteiger partial charge in [0.05, 0.1) is 20.8 Å². The molecule has 31 heavy (non-hydrogen) atoms. The average Bonchev–Trinajstić information content (AvgIpc) is 3.13. The zero-order valence-corrected chi connectivity index (χ0v) is 17.7. The summed E-state index contributed by atoms with van der Waals surface area (Å²) in [6.07, 6.45) is -1.27. The Morgan fingerprint density at radius 3 is 2.48 bits per heavy atom. The Morgan fingerprint density at radius 2 is 1.84 bits per heavy atom. The van der Waals surface area contributed by atoms with Crippen molar-refractivity contribution in [2.75, 3.05) is 12.3 Å². The zero-order chi connectivity index (χ0) is 23.2. The van der Waals surface area contributed by atoms with E-state index < -0.39 is 54.6 Å². The Hall–Kier alpha value is -1.36. The maximum Gasteiger partial charge on any atom is 0.278 e. The van der Waals surface area contributed by atoms with Gasteiger partial charge in [-0.15, -0.1) is 0 Å². The third-order valence-electron chi connectivity index (χ3n) is 3.98. The van der Waals surface area contributed by atoms with E-state index in [0.717, 1.165) is 6.33 Å². The minimum Gasteiger partial charge on any atom is -0.790 e. The van der Waals surface area contributed by atoms with Gasteiger partial charge in [-0.2, -0.15) is 0 Å². The molecule has 1 aliphatic heterocycles. The molecule has 0 amide bonds. The molecule has 18 nitrogen and oxygen atoms in total. The van der Waals surface area contributed by atoms with E-state index in [1.54, 1.807) is 0 Å². The Labute approximate surface area is 172 Å². The molecule has 3 rings (SSSR count). The summed E-state index contributed by atoms with van der Waals surface area (Å²) >= 11 is 0. The molecule has 1 saturated heterocycles. The molecule has 6 N–H and O–H groups in total. The van der Waals surface area contributed by atoms with Gasteiger partial charge in [0.15, 0.2) is 23.8 Å². The largest absolute Gasteiger partial charge is 0.790 e. The van der Waals surface area contributed by atoms with Gasteiger partial charge in [0.25, 0.3) is 15.6 Å². The highest BCUT2D eigenvalue weighted by atomic mass is 31.3. The number of nitrogen functional groups attached to an aromatic ring is 1. The van der Waals surface area contributed by atoms with Crippen molar-refractivity contribution in [1.29, 1.82) is 0 Å². The second-order valence-corrected chi connectivity index (χ2v) is 10.4. The number of hydrogen-bond acceptors (Lipinski definition) is 16. The molecule has 1 fully saturated rings. The molecule has 0 aromatic carbocycles. The van der Waals surface area contributed by atoms with Crippen LogP contribution in [-0.2, 0) is 31.6 Å². The Kier molecular flexibility index (Phi) is 6.68. The first-order valence-corrected chi connectivity index (χ1v) is 12.4. The molecule has 6 atom stereocenters. The number of ether oxygens (including phenoxy) is 1. The fourth-order valence-electron chi connectivity index (χ4n) is 2.69. The number of aliphatic hydroxyl groups excluding tert-OH is 1. The summed E-state index contributed by atoms with van der Waals surface area (Å²) in [7, 11) is -17.9. The third kappa shape index (κ3) is 5.71. The van der Waals surface area contributed by atoms with Crippen LogP contribution in [0.25, 0.3) is 11.2 Å². The first-order chi connectivity index (χ1) is 14.2. The molecule has 0 saturated carbocycles. The van der Waals surface area contributed by atoms with E-state index >= 15 is 0 Å². The van der Waals surface area contributed by atoms with Crippen LogP contribution < -0.4 is 31.0 Å². The smallest absolute Gasteiger partial charge is 0.278 e. The van der Waals surface area contributed by atoms with Crippen molar-refractivity contribution in [3.05, 3.63) is 12.7 Å². The lowest BCUT2D eigenvalue weighted by Crippen LogP contribution is -2.69. The van der Waals surface area contributed by atoms with Crippen LogP contribution in [0, 0.1) is 0 Å². The van der Waals surface area contributed by atoms with Gasteiger partial charge in [-0.3, -0.25) is 18.0 Å². The van der Waals surface area contributed by atoms with E-state index in [-0.39, 0.29) is 17.0 Å². The van der Waals surface area contributed by atoms with Crippen LogP contribution in [0.4, 0.5) is 5.82 Å². The van der Waals surface area contributed by atoms with Crippen molar-refractivity contribution in [2.24, 2.45) is 0 Å². The number of anilines is 1. The van der Waals surface area contributed by atoms with Crippen molar-refractivity contribution < 1.29 is 62.0 Å².